The summed E-state index contributed by atoms with van der Waals surface area (Å²) in [5, 5.41) is 21.0. The van der Waals surface area contributed by atoms with Gasteiger partial charge in [0.25, 0.3) is 0 Å². The van der Waals surface area contributed by atoms with E-state index in [-0.39, 0.29) is 23.6 Å². The lowest BCUT2D eigenvalue weighted by Gasteiger charge is -2.12. The van der Waals surface area contributed by atoms with E-state index < -0.39 is 16.0 Å². The number of benzene rings is 2. The Morgan fingerprint density at radius 3 is 2.42 bits per heavy atom. The number of carbonyl (C=O) groups is 1. The molecule has 0 aliphatic carbocycles. The van der Waals surface area contributed by atoms with Gasteiger partial charge < -0.3 is 15.5 Å². The van der Waals surface area contributed by atoms with E-state index >= 15 is 0 Å². The Hall–Kier alpha value is -2.42. The lowest BCUT2D eigenvalue weighted by molar-refractivity contribution is 0.0697. The number of hydrogen-bond donors (Lipinski definition) is 4. The van der Waals surface area contributed by atoms with Gasteiger partial charge in [-0.05, 0) is 36.6 Å². The Balaban J connectivity index is 2.10. The molecule has 0 aliphatic heterocycles. The SMILES string of the molecule is O=C(O)c1cc(S(=O)(=O)NCCc2ccccc2)ccc1NCCCO. The molecule has 0 amide bonds. The first-order chi connectivity index (χ1) is 12.4. The molecule has 4 N–H and O–H groups in total. The number of nitrogens with one attached hydrogen (secondary N) is 2. The third-order valence-corrected chi connectivity index (χ3v) is 5.19. The maximum atomic E-state index is 12.4. The van der Waals surface area contributed by atoms with Gasteiger partial charge in [-0.15, -0.1) is 0 Å². The first kappa shape index (κ1) is 19.9. The molecule has 140 valence electrons. The number of hydrogen-bond acceptors (Lipinski definition) is 5. The highest BCUT2D eigenvalue weighted by Gasteiger charge is 2.18. The van der Waals surface area contributed by atoms with E-state index in [4.69, 9.17) is 5.11 Å². The molecule has 2 aromatic rings. The fourth-order valence-corrected chi connectivity index (χ4v) is 3.44. The Labute approximate surface area is 152 Å². The number of aliphatic hydroxyl groups is 1. The molecule has 0 radical (unpaired) electrons. The van der Waals surface area contributed by atoms with E-state index in [0.717, 1.165) is 11.6 Å². The molecule has 0 saturated heterocycles. The van der Waals surface area contributed by atoms with Gasteiger partial charge in [-0.25, -0.2) is 17.9 Å². The Bertz CT molecular complexity index is 838. The Morgan fingerprint density at radius 2 is 1.77 bits per heavy atom. The van der Waals surface area contributed by atoms with Crippen molar-refractivity contribution in [3.63, 3.8) is 0 Å². The number of carboxylic acids is 1. The van der Waals surface area contributed by atoms with E-state index in [1.54, 1.807) is 0 Å². The summed E-state index contributed by atoms with van der Waals surface area (Å²) in [6, 6.07) is 13.4. The van der Waals surface area contributed by atoms with E-state index in [1.807, 2.05) is 30.3 Å². The highest BCUT2D eigenvalue weighted by molar-refractivity contribution is 7.89. The van der Waals surface area contributed by atoms with Crippen molar-refractivity contribution < 1.29 is 23.4 Å². The van der Waals surface area contributed by atoms with Crippen LogP contribution in [0.1, 0.15) is 22.3 Å². The number of carboxylic acid groups (broad SMARTS) is 1. The third-order valence-electron chi connectivity index (χ3n) is 3.73. The van der Waals surface area contributed by atoms with Crippen LogP contribution in [0.5, 0.6) is 0 Å². The van der Waals surface area contributed by atoms with Gasteiger partial charge in [-0.3, -0.25) is 0 Å². The topological polar surface area (TPSA) is 116 Å². The van der Waals surface area contributed by atoms with Crippen LogP contribution in [-0.4, -0.2) is 44.3 Å². The molecule has 2 rings (SSSR count). The first-order valence-corrected chi connectivity index (χ1v) is 9.68. The van der Waals surface area contributed by atoms with Gasteiger partial charge in [0.05, 0.1) is 10.5 Å². The lowest BCUT2D eigenvalue weighted by Crippen LogP contribution is -2.26. The highest BCUT2D eigenvalue weighted by Crippen LogP contribution is 2.21. The van der Waals surface area contributed by atoms with Gasteiger partial charge in [0.2, 0.25) is 10.0 Å². The molecule has 0 atom stereocenters. The van der Waals surface area contributed by atoms with Crippen LogP contribution in [0, 0.1) is 0 Å². The average Bonchev–Trinajstić information content (AvgIpc) is 2.62. The van der Waals surface area contributed by atoms with Crippen molar-refractivity contribution in [3.05, 3.63) is 59.7 Å². The van der Waals surface area contributed by atoms with Crippen LogP contribution in [0.2, 0.25) is 0 Å². The van der Waals surface area contributed by atoms with Crippen LogP contribution in [-0.2, 0) is 16.4 Å². The molecule has 0 bridgehead atoms. The highest BCUT2D eigenvalue weighted by atomic mass is 32.2. The van der Waals surface area contributed by atoms with Crippen molar-refractivity contribution in [1.82, 2.24) is 4.72 Å². The molecule has 26 heavy (non-hydrogen) atoms. The zero-order valence-corrected chi connectivity index (χ0v) is 15.0. The molecule has 0 aliphatic rings. The second-order valence-corrected chi connectivity index (χ2v) is 7.42. The predicted molar refractivity (Wildman–Crippen MR) is 98.9 cm³/mol. The Morgan fingerprint density at radius 1 is 1.04 bits per heavy atom. The van der Waals surface area contributed by atoms with E-state index in [0.29, 0.717) is 25.1 Å². The zero-order chi connectivity index (χ0) is 19.0. The van der Waals surface area contributed by atoms with Crippen molar-refractivity contribution in [1.29, 1.82) is 0 Å². The lowest BCUT2D eigenvalue weighted by atomic mass is 10.2. The number of aliphatic hydroxyl groups excluding tert-OH is 1. The average molecular weight is 378 g/mol. The number of rotatable bonds is 10. The summed E-state index contributed by atoms with van der Waals surface area (Å²) in [6.45, 7) is 0.580. The van der Waals surface area contributed by atoms with Crippen LogP contribution in [0.4, 0.5) is 5.69 Å². The van der Waals surface area contributed by atoms with E-state index in [2.05, 4.69) is 10.0 Å². The summed E-state index contributed by atoms with van der Waals surface area (Å²) in [7, 11) is -3.81. The monoisotopic (exact) mass is 378 g/mol. The summed E-state index contributed by atoms with van der Waals surface area (Å²) in [5.41, 5.74) is 1.19. The number of anilines is 1. The maximum absolute atomic E-state index is 12.4. The second kappa shape index (κ2) is 9.33. The molecular weight excluding hydrogens is 356 g/mol. The van der Waals surface area contributed by atoms with Gasteiger partial charge in [-0.1, -0.05) is 30.3 Å². The zero-order valence-electron chi connectivity index (χ0n) is 14.2. The molecule has 8 heteroatoms. The quantitative estimate of drug-likeness (QED) is 0.468. The van der Waals surface area contributed by atoms with Gasteiger partial charge in [0, 0.05) is 25.4 Å². The van der Waals surface area contributed by atoms with E-state index in [9.17, 15) is 18.3 Å². The third kappa shape index (κ3) is 5.55. The smallest absolute Gasteiger partial charge is 0.337 e. The van der Waals surface area contributed by atoms with Crippen LogP contribution in [0.15, 0.2) is 53.4 Å². The van der Waals surface area contributed by atoms with Crippen molar-refractivity contribution >= 4 is 21.7 Å². The standard InChI is InChI=1S/C18H22N2O5S/c21-12-4-10-19-17-8-7-15(13-16(17)18(22)23)26(24,25)20-11-9-14-5-2-1-3-6-14/h1-3,5-8,13,19-21H,4,9-12H2,(H,22,23). The summed E-state index contributed by atoms with van der Waals surface area (Å²) in [4.78, 5) is 11.3. The summed E-state index contributed by atoms with van der Waals surface area (Å²) in [5.74, 6) is -1.22. The minimum Gasteiger partial charge on any atom is -0.478 e. The molecule has 7 nitrogen and oxygen atoms in total. The molecular formula is C18H22N2O5S. The predicted octanol–water partition coefficient (Wildman–Crippen LogP) is 1.70. The van der Waals surface area contributed by atoms with Crippen molar-refractivity contribution in [2.45, 2.75) is 17.7 Å². The summed E-state index contributed by atoms with van der Waals surface area (Å²) in [6.07, 6.45) is 0.993. The molecule has 0 saturated carbocycles. The van der Waals surface area contributed by atoms with Gasteiger partial charge in [0.1, 0.15) is 0 Å². The molecule has 0 fully saturated rings. The molecule has 0 spiro atoms. The minimum absolute atomic E-state index is 0.0206. The molecule has 0 unspecified atom stereocenters. The van der Waals surface area contributed by atoms with Crippen LogP contribution in [0.25, 0.3) is 0 Å². The molecule has 2 aromatic carbocycles. The fourth-order valence-electron chi connectivity index (χ4n) is 2.38. The number of aromatic carboxylic acids is 1. The maximum Gasteiger partial charge on any atom is 0.337 e. The van der Waals surface area contributed by atoms with Crippen molar-refractivity contribution in [3.8, 4) is 0 Å². The van der Waals surface area contributed by atoms with Crippen LogP contribution in [0.3, 0.4) is 0 Å². The minimum atomic E-state index is -3.81. The van der Waals surface area contributed by atoms with E-state index in [1.165, 1.54) is 12.1 Å². The van der Waals surface area contributed by atoms with Crippen molar-refractivity contribution in [2.24, 2.45) is 0 Å². The second-order valence-electron chi connectivity index (χ2n) is 5.65. The summed E-state index contributed by atoms with van der Waals surface area (Å²) < 4.78 is 27.3. The van der Waals surface area contributed by atoms with Crippen LogP contribution >= 0.6 is 0 Å². The normalized spacial score (nSPS) is 11.3. The largest absolute Gasteiger partial charge is 0.478 e. The van der Waals surface area contributed by atoms with Crippen molar-refractivity contribution in [2.75, 3.05) is 25.0 Å². The van der Waals surface area contributed by atoms with Gasteiger partial charge >= 0.3 is 5.97 Å². The Kier molecular flexibility index (Phi) is 7.14. The number of sulfonamides is 1. The molecule has 0 aromatic heterocycles. The molecule has 0 heterocycles. The van der Waals surface area contributed by atoms with Gasteiger partial charge in [0.15, 0.2) is 0 Å². The fraction of sp³-hybridized carbons (Fsp3) is 0.278. The first-order valence-electron chi connectivity index (χ1n) is 8.19. The van der Waals surface area contributed by atoms with Crippen LogP contribution < -0.4 is 10.0 Å². The summed E-state index contributed by atoms with van der Waals surface area (Å²) >= 11 is 0. The van der Waals surface area contributed by atoms with Gasteiger partial charge in [-0.2, -0.15) is 0 Å².